The van der Waals surface area contributed by atoms with Crippen molar-refractivity contribution in [2.45, 2.75) is 44.4 Å². The van der Waals surface area contributed by atoms with E-state index in [1.165, 1.54) is 0 Å². The second-order valence-electron chi connectivity index (χ2n) is 7.18. The second-order valence-corrected chi connectivity index (χ2v) is 7.18. The predicted octanol–water partition coefficient (Wildman–Crippen LogP) is 0.750. The van der Waals surface area contributed by atoms with Gasteiger partial charge in [-0.3, -0.25) is 4.79 Å². The summed E-state index contributed by atoms with van der Waals surface area (Å²) in [5.41, 5.74) is 5.11. The lowest BCUT2D eigenvalue weighted by Gasteiger charge is -2.38. The van der Waals surface area contributed by atoms with E-state index in [2.05, 4.69) is 4.90 Å². The van der Waals surface area contributed by atoms with Crippen LogP contribution in [0.1, 0.15) is 25.7 Å². The fourth-order valence-corrected chi connectivity index (χ4v) is 4.41. The second kappa shape index (κ2) is 5.32. The molecular weight excluding hydrogens is 255 g/mol. The van der Waals surface area contributed by atoms with Crippen molar-refractivity contribution in [2.75, 3.05) is 20.6 Å². The third-order valence-electron chi connectivity index (χ3n) is 5.40. The molecule has 0 radical (unpaired) electrons. The number of hydrogen-bond donors (Lipinski definition) is 3. The molecule has 6 heteroatoms. The fraction of sp³-hybridized carbons (Fsp3) is 0.929. The van der Waals surface area contributed by atoms with Crippen LogP contribution in [-0.4, -0.2) is 54.1 Å². The zero-order valence-electron chi connectivity index (χ0n) is 12.8. The Bertz CT molecular complexity index is 391. The summed E-state index contributed by atoms with van der Waals surface area (Å²) < 4.78 is 0. The van der Waals surface area contributed by atoms with Crippen molar-refractivity contribution in [1.82, 2.24) is 4.90 Å². The summed E-state index contributed by atoms with van der Waals surface area (Å²) in [5, 5.41) is 19.1. The molecule has 4 atom stereocenters. The molecule has 2 rings (SSSR count). The highest BCUT2D eigenvalue weighted by Gasteiger charge is 2.75. The van der Waals surface area contributed by atoms with Crippen molar-refractivity contribution in [1.29, 1.82) is 0 Å². The number of rotatable bonds is 7. The molecule has 4 unspecified atom stereocenters. The van der Waals surface area contributed by atoms with Gasteiger partial charge in [0.05, 0.1) is 0 Å². The minimum Gasteiger partial charge on any atom is -0.480 e. The van der Waals surface area contributed by atoms with Crippen molar-refractivity contribution in [3.05, 3.63) is 0 Å². The van der Waals surface area contributed by atoms with E-state index in [-0.39, 0.29) is 18.2 Å². The maximum absolute atomic E-state index is 11.9. The van der Waals surface area contributed by atoms with Gasteiger partial charge in [0.2, 0.25) is 0 Å². The monoisotopic (exact) mass is 282 g/mol. The van der Waals surface area contributed by atoms with E-state index in [0.717, 1.165) is 38.5 Å². The summed E-state index contributed by atoms with van der Waals surface area (Å²) in [6, 6.07) is 0. The summed E-state index contributed by atoms with van der Waals surface area (Å²) in [5.74, 6) is -0.346. The van der Waals surface area contributed by atoms with Gasteiger partial charge in [-0.2, -0.15) is 0 Å². The van der Waals surface area contributed by atoms with Crippen LogP contribution in [0.4, 0.5) is 0 Å². The zero-order chi connectivity index (χ0) is 15.1. The van der Waals surface area contributed by atoms with E-state index in [9.17, 15) is 14.9 Å². The fourth-order valence-electron chi connectivity index (χ4n) is 4.41. The molecule has 0 heterocycles. The van der Waals surface area contributed by atoms with Gasteiger partial charge in [0.25, 0.3) is 6.92 Å². The van der Waals surface area contributed by atoms with Crippen molar-refractivity contribution >= 4 is 12.9 Å². The Morgan fingerprint density at radius 2 is 2.15 bits per heavy atom. The van der Waals surface area contributed by atoms with Gasteiger partial charge in [0, 0.05) is 12.0 Å². The number of fused-ring (bicyclic) bond motifs is 1. The Kier molecular flexibility index (Phi) is 4.20. The van der Waals surface area contributed by atoms with E-state index >= 15 is 0 Å². The van der Waals surface area contributed by atoms with Gasteiger partial charge in [0.15, 0.2) is 0 Å². The van der Waals surface area contributed by atoms with E-state index in [1.54, 1.807) is 6.82 Å². The molecule has 0 aromatic rings. The van der Waals surface area contributed by atoms with Crippen LogP contribution in [0, 0.1) is 17.3 Å². The zero-order valence-corrected chi connectivity index (χ0v) is 12.8. The number of nitrogens with two attached hydrogens (primary N) is 1. The summed E-state index contributed by atoms with van der Waals surface area (Å²) in [7, 11) is 3.96. The lowest BCUT2D eigenvalue weighted by molar-refractivity contribution is -0.148. The Hall–Kier alpha value is -0.585. The number of hydrogen-bond acceptors (Lipinski definition) is 4. The van der Waals surface area contributed by atoms with Gasteiger partial charge in [-0.25, -0.2) is 0 Å². The number of aliphatic carboxylic acids is 1. The molecule has 2 fully saturated rings. The Morgan fingerprint density at radius 3 is 2.65 bits per heavy atom. The van der Waals surface area contributed by atoms with Crippen molar-refractivity contribution in [3.63, 3.8) is 0 Å². The molecule has 0 saturated heterocycles. The van der Waals surface area contributed by atoms with Gasteiger partial charge in [-0.05, 0) is 51.5 Å². The van der Waals surface area contributed by atoms with E-state index in [0.29, 0.717) is 5.92 Å². The molecule has 0 aromatic heterocycles. The number of nitrogens with zero attached hydrogens (tertiary/aromatic N) is 1. The van der Waals surface area contributed by atoms with Gasteiger partial charge in [0.1, 0.15) is 5.54 Å². The highest BCUT2D eigenvalue weighted by Crippen LogP contribution is 2.70. The van der Waals surface area contributed by atoms with E-state index < -0.39 is 11.5 Å². The van der Waals surface area contributed by atoms with Crippen LogP contribution in [0.2, 0.25) is 13.1 Å². The molecule has 20 heavy (non-hydrogen) atoms. The van der Waals surface area contributed by atoms with Crippen LogP contribution in [0.3, 0.4) is 0 Å². The van der Waals surface area contributed by atoms with Crippen LogP contribution >= 0.6 is 0 Å². The van der Waals surface area contributed by atoms with Crippen molar-refractivity contribution < 1.29 is 14.9 Å². The van der Waals surface area contributed by atoms with Crippen LogP contribution in [0.5, 0.6) is 0 Å². The first-order valence-corrected chi connectivity index (χ1v) is 7.59. The largest absolute Gasteiger partial charge is 0.480 e. The van der Waals surface area contributed by atoms with E-state index in [1.807, 2.05) is 14.1 Å². The molecule has 0 bridgehead atoms. The predicted molar refractivity (Wildman–Crippen MR) is 79.6 cm³/mol. The lowest BCUT2D eigenvalue weighted by atomic mass is 9.65. The molecule has 0 spiro atoms. The topological polar surface area (TPSA) is 86.8 Å². The normalized spacial score (nSPS) is 38.9. The summed E-state index contributed by atoms with van der Waals surface area (Å²) in [6.07, 6.45) is 4.24. The molecule has 2 aliphatic rings. The number of carboxylic acids is 1. The Morgan fingerprint density at radius 1 is 1.50 bits per heavy atom. The molecular formula is C14H27BN2O3. The molecule has 114 valence electrons. The summed E-state index contributed by atoms with van der Waals surface area (Å²) >= 11 is 0. The van der Waals surface area contributed by atoms with Crippen molar-refractivity contribution in [3.8, 4) is 0 Å². The van der Waals surface area contributed by atoms with E-state index in [4.69, 9.17) is 5.73 Å². The molecule has 2 saturated carbocycles. The lowest BCUT2D eigenvalue weighted by Crippen LogP contribution is -2.60. The molecule has 4 N–H and O–H groups in total. The third kappa shape index (κ3) is 2.38. The quantitative estimate of drug-likeness (QED) is 0.600. The summed E-state index contributed by atoms with van der Waals surface area (Å²) in [4.78, 5) is 13.9. The smallest absolute Gasteiger partial charge is 0.324 e. The number of carbonyl (C=O) groups is 1. The highest BCUT2D eigenvalue weighted by atomic mass is 16.4. The Balaban J connectivity index is 2.10. The molecule has 0 amide bonds. The molecule has 5 nitrogen and oxygen atoms in total. The van der Waals surface area contributed by atoms with Crippen LogP contribution in [0.15, 0.2) is 0 Å². The Labute approximate surface area is 121 Å². The first-order chi connectivity index (χ1) is 9.24. The van der Waals surface area contributed by atoms with Gasteiger partial charge in [-0.15, -0.1) is 0 Å². The standard InChI is InChI=1S/C14H27BN2O3/c1-15(20)6-4-5-10-7-11-8-13(11,9-17(2)3)14(10,16)12(18)19/h10-11,20H,4-9,16H2,1-3H3,(H,18,19). The van der Waals surface area contributed by atoms with Gasteiger partial charge in [-0.1, -0.05) is 13.2 Å². The van der Waals surface area contributed by atoms with Crippen molar-refractivity contribution in [2.24, 2.45) is 23.0 Å². The third-order valence-corrected chi connectivity index (χ3v) is 5.40. The molecule has 2 aliphatic carbocycles. The minimum atomic E-state index is -1.10. The average molecular weight is 282 g/mol. The maximum atomic E-state index is 11.9. The highest BCUT2D eigenvalue weighted by molar-refractivity contribution is 6.48. The first kappa shape index (κ1) is 15.8. The summed E-state index contributed by atoms with van der Waals surface area (Å²) in [6.45, 7) is 2.21. The minimum absolute atomic E-state index is 0.0393. The maximum Gasteiger partial charge on any atom is 0.324 e. The van der Waals surface area contributed by atoms with Crippen LogP contribution in [0.25, 0.3) is 0 Å². The SMILES string of the molecule is CB(O)CCCC1CC2CC2(CN(C)C)C1(N)C(=O)O. The molecule has 0 aliphatic heterocycles. The number of carboxylic acid groups (broad SMARTS) is 1. The van der Waals surface area contributed by atoms with Gasteiger partial charge < -0.3 is 20.8 Å². The molecule has 0 aromatic carbocycles. The van der Waals surface area contributed by atoms with Crippen LogP contribution in [-0.2, 0) is 4.79 Å². The average Bonchev–Trinajstić information content (AvgIpc) is 2.93. The van der Waals surface area contributed by atoms with Gasteiger partial charge >= 0.3 is 5.97 Å². The van der Waals surface area contributed by atoms with Crippen LogP contribution < -0.4 is 5.73 Å². The first-order valence-electron chi connectivity index (χ1n) is 7.59.